The van der Waals surface area contributed by atoms with Crippen LogP contribution in [-0.2, 0) is 0 Å². The highest BCUT2D eigenvalue weighted by Gasteiger charge is 2.16. The molecule has 1 aromatic heterocycles. The minimum absolute atomic E-state index is 0.116. The van der Waals surface area contributed by atoms with Crippen LogP contribution >= 0.6 is 11.6 Å². The van der Waals surface area contributed by atoms with Crippen molar-refractivity contribution in [2.75, 3.05) is 20.1 Å². The molecule has 4 nitrogen and oxygen atoms in total. The summed E-state index contributed by atoms with van der Waals surface area (Å²) in [6.07, 6.45) is 3.13. The number of hydrogen-bond donors (Lipinski definition) is 1. The molecule has 21 heavy (non-hydrogen) atoms. The maximum absolute atomic E-state index is 11.3. The molecule has 0 bridgehead atoms. The predicted octanol–water partition coefficient (Wildman–Crippen LogP) is 3.31. The summed E-state index contributed by atoms with van der Waals surface area (Å²) in [5.74, 6) is -1.03. The van der Waals surface area contributed by atoms with Crippen molar-refractivity contribution in [1.29, 1.82) is 0 Å². The number of carboxylic acids is 1. The van der Waals surface area contributed by atoms with Gasteiger partial charge in [0.2, 0.25) is 0 Å². The first-order valence-corrected chi connectivity index (χ1v) is 7.14. The topological polar surface area (TPSA) is 53.4 Å². The van der Waals surface area contributed by atoms with E-state index in [1.165, 1.54) is 5.57 Å². The van der Waals surface area contributed by atoms with E-state index in [4.69, 9.17) is 11.6 Å². The highest BCUT2D eigenvalue weighted by atomic mass is 35.5. The first-order chi connectivity index (χ1) is 10.1. The second kappa shape index (κ2) is 5.47. The van der Waals surface area contributed by atoms with E-state index in [1.807, 2.05) is 6.07 Å². The van der Waals surface area contributed by atoms with Crippen LogP contribution in [-0.4, -0.2) is 41.1 Å². The zero-order valence-electron chi connectivity index (χ0n) is 11.6. The van der Waals surface area contributed by atoms with Crippen LogP contribution in [0.2, 0.25) is 5.02 Å². The Bertz CT molecular complexity index is 755. The van der Waals surface area contributed by atoms with E-state index in [-0.39, 0.29) is 10.6 Å². The van der Waals surface area contributed by atoms with Gasteiger partial charge < -0.3 is 10.0 Å². The fourth-order valence-electron chi connectivity index (χ4n) is 2.58. The molecule has 0 unspecified atom stereocenters. The number of aromatic nitrogens is 1. The lowest BCUT2D eigenvalue weighted by Crippen LogP contribution is -2.23. The molecule has 1 aromatic carbocycles. The molecule has 108 valence electrons. The van der Waals surface area contributed by atoms with Crippen LogP contribution in [0.25, 0.3) is 16.5 Å². The molecule has 2 heterocycles. The number of aromatic carboxylic acids is 1. The summed E-state index contributed by atoms with van der Waals surface area (Å²) < 4.78 is 0. The number of carboxylic acid groups (broad SMARTS) is 1. The van der Waals surface area contributed by atoms with Crippen molar-refractivity contribution >= 4 is 34.0 Å². The molecule has 1 N–H and O–H groups in total. The van der Waals surface area contributed by atoms with Crippen molar-refractivity contribution < 1.29 is 9.90 Å². The van der Waals surface area contributed by atoms with E-state index < -0.39 is 5.97 Å². The van der Waals surface area contributed by atoms with E-state index in [9.17, 15) is 9.90 Å². The summed E-state index contributed by atoms with van der Waals surface area (Å²) in [5, 5.41) is 10.1. The van der Waals surface area contributed by atoms with Crippen LogP contribution in [0.4, 0.5) is 0 Å². The normalized spacial score (nSPS) is 16.0. The maximum atomic E-state index is 11.3. The molecule has 0 radical (unpaired) electrons. The Balaban J connectivity index is 2.10. The Morgan fingerprint density at radius 3 is 2.81 bits per heavy atom. The van der Waals surface area contributed by atoms with Crippen LogP contribution in [0.5, 0.6) is 0 Å². The number of hydrogen-bond acceptors (Lipinski definition) is 3. The van der Waals surface area contributed by atoms with Crippen molar-refractivity contribution in [3.8, 4) is 0 Å². The average molecular weight is 303 g/mol. The lowest BCUT2D eigenvalue weighted by atomic mass is 10.0. The van der Waals surface area contributed by atoms with Gasteiger partial charge in [0.15, 0.2) is 0 Å². The minimum atomic E-state index is -1.03. The molecule has 2 aromatic rings. The van der Waals surface area contributed by atoms with E-state index in [2.05, 4.69) is 23.0 Å². The van der Waals surface area contributed by atoms with Crippen LogP contribution in [0.15, 0.2) is 30.3 Å². The van der Waals surface area contributed by atoms with Crippen LogP contribution in [0.1, 0.15) is 22.5 Å². The second-order valence-corrected chi connectivity index (χ2v) is 5.64. The highest BCUT2D eigenvalue weighted by molar-refractivity contribution is 6.35. The standard InChI is InChI=1S/C16H15ClN2O2/c1-19-8-6-10(7-9-19)13-4-2-11-14(18-13)5-3-12(17)15(11)16(20)21/h2-6H,7-9H2,1H3,(H,20,21). The third kappa shape index (κ3) is 2.64. The molecular formula is C16H15ClN2O2. The van der Waals surface area contributed by atoms with Gasteiger partial charge in [0, 0.05) is 18.5 Å². The number of carbonyl (C=O) groups is 1. The summed E-state index contributed by atoms with van der Waals surface area (Å²) in [6.45, 7) is 1.92. The van der Waals surface area contributed by atoms with Crippen LogP contribution in [0, 0.1) is 0 Å². The van der Waals surface area contributed by atoms with Gasteiger partial charge in [-0.25, -0.2) is 9.78 Å². The number of benzene rings is 1. The van der Waals surface area contributed by atoms with Gasteiger partial charge in [-0.1, -0.05) is 17.7 Å². The molecule has 1 aliphatic heterocycles. The van der Waals surface area contributed by atoms with Gasteiger partial charge in [-0.2, -0.15) is 0 Å². The number of halogens is 1. The highest BCUT2D eigenvalue weighted by Crippen LogP contribution is 2.28. The first-order valence-electron chi connectivity index (χ1n) is 6.77. The van der Waals surface area contributed by atoms with E-state index in [0.717, 1.165) is 25.2 Å². The van der Waals surface area contributed by atoms with E-state index in [1.54, 1.807) is 18.2 Å². The Morgan fingerprint density at radius 2 is 2.14 bits per heavy atom. The monoisotopic (exact) mass is 302 g/mol. The van der Waals surface area contributed by atoms with Gasteiger partial charge in [-0.15, -0.1) is 0 Å². The zero-order valence-corrected chi connectivity index (χ0v) is 12.4. The molecule has 0 aliphatic carbocycles. The molecule has 0 atom stereocenters. The van der Waals surface area contributed by atoms with Crippen molar-refractivity contribution in [2.24, 2.45) is 0 Å². The molecule has 3 rings (SSSR count). The van der Waals surface area contributed by atoms with Crippen molar-refractivity contribution in [3.05, 3.63) is 46.6 Å². The molecule has 0 fully saturated rings. The maximum Gasteiger partial charge on any atom is 0.337 e. The molecule has 0 spiro atoms. The smallest absolute Gasteiger partial charge is 0.337 e. The predicted molar refractivity (Wildman–Crippen MR) is 83.8 cm³/mol. The van der Waals surface area contributed by atoms with Crippen molar-refractivity contribution in [2.45, 2.75) is 6.42 Å². The summed E-state index contributed by atoms with van der Waals surface area (Å²) in [6, 6.07) is 7.03. The third-order valence-corrected chi connectivity index (χ3v) is 4.09. The molecule has 0 saturated heterocycles. The second-order valence-electron chi connectivity index (χ2n) is 5.23. The quantitative estimate of drug-likeness (QED) is 0.925. The van der Waals surface area contributed by atoms with Gasteiger partial charge in [-0.3, -0.25) is 0 Å². The number of fused-ring (bicyclic) bond motifs is 1. The minimum Gasteiger partial charge on any atom is -0.478 e. The molecular weight excluding hydrogens is 288 g/mol. The molecule has 0 saturated carbocycles. The van der Waals surface area contributed by atoms with Gasteiger partial charge in [0.05, 0.1) is 21.8 Å². The lowest BCUT2D eigenvalue weighted by molar-refractivity contribution is 0.0699. The van der Waals surface area contributed by atoms with E-state index in [0.29, 0.717) is 10.9 Å². The lowest BCUT2D eigenvalue weighted by Gasteiger charge is -2.21. The number of nitrogens with zero attached hydrogens (tertiary/aromatic N) is 2. The van der Waals surface area contributed by atoms with Crippen molar-refractivity contribution in [3.63, 3.8) is 0 Å². The number of pyridine rings is 1. The number of rotatable bonds is 2. The average Bonchev–Trinajstić information content (AvgIpc) is 2.47. The van der Waals surface area contributed by atoms with Gasteiger partial charge in [0.1, 0.15) is 0 Å². The fraction of sp³-hybridized carbons (Fsp3) is 0.250. The third-order valence-electron chi connectivity index (χ3n) is 3.78. The zero-order chi connectivity index (χ0) is 15.0. The van der Waals surface area contributed by atoms with Gasteiger partial charge in [-0.05, 0) is 43.3 Å². The largest absolute Gasteiger partial charge is 0.478 e. The van der Waals surface area contributed by atoms with Crippen LogP contribution in [0.3, 0.4) is 0 Å². The van der Waals surface area contributed by atoms with Crippen molar-refractivity contribution in [1.82, 2.24) is 9.88 Å². The Hall–Kier alpha value is -1.91. The Labute approximate surface area is 127 Å². The van der Waals surface area contributed by atoms with Gasteiger partial charge >= 0.3 is 5.97 Å². The fourth-order valence-corrected chi connectivity index (χ4v) is 2.82. The summed E-state index contributed by atoms with van der Waals surface area (Å²) in [4.78, 5) is 18.2. The SMILES string of the molecule is CN1CC=C(c2ccc3c(C(=O)O)c(Cl)ccc3n2)CC1. The number of likely N-dealkylation sites (N-methyl/N-ethyl adjacent to an activating group) is 1. The molecule has 0 amide bonds. The summed E-state index contributed by atoms with van der Waals surface area (Å²) in [7, 11) is 2.09. The Kier molecular flexibility index (Phi) is 3.66. The molecule has 1 aliphatic rings. The summed E-state index contributed by atoms with van der Waals surface area (Å²) in [5.41, 5.74) is 2.90. The van der Waals surface area contributed by atoms with Crippen LogP contribution < -0.4 is 0 Å². The Morgan fingerprint density at radius 1 is 1.33 bits per heavy atom. The van der Waals surface area contributed by atoms with Gasteiger partial charge in [0.25, 0.3) is 0 Å². The first kappa shape index (κ1) is 14.0. The molecule has 5 heteroatoms. The summed E-state index contributed by atoms with van der Waals surface area (Å²) >= 11 is 5.98. The van der Waals surface area contributed by atoms with E-state index >= 15 is 0 Å².